The quantitative estimate of drug-likeness (QED) is 0.646. The monoisotopic (exact) mass is 220 g/mol. The lowest BCUT2D eigenvalue weighted by Gasteiger charge is -2.25. The molecule has 1 rings (SSSR count). The Labute approximate surface area is 99.6 Å². The average molecular weight is 220 g/mol. The van der Waals surface area contributed by atoms with Gasteiger partial charge in [0.05, 0.1) is 0 Å². The van der Waals surface area contributed by atoms with Gasteiger partial charge in [-0.1, -0.05) is 24.1 Å². The topological polar surface area (TPSA) is 17.1 Å². The Morgan fingerprint density at radius 3 is 2.81 bits per heavy atom. The summed E-state index contributed by atoms with van der Waals surface area (Å²) in [7, 11) is 0. The molecule has 0 spiro atoms. The average Bonchev–Trinajstić information content (AvgIpc) is 2.16. The molecule has 0 radical (unpaired) electrons. The summed E-state index contributed by atoms with van der Waals surface area (Å²) in [5, 5.41) is 0. The van der Waals surface area contributed by atoms with Crippen LogP contribution in [-0.4, -0.2) is 5.78 Å². The number of allylic oxidation sites excluding steroid dienone is 4. The summed E-state index contributed by atoms with van der Waals surface area (Å²) >= 11 is 0. The lowest BCUT2D eigenvalue weighted by molar-refractivity contribution is -0.120. The molecule has 1 aliphatic rings. The molecule has 0 heterocycles. The van der Waals surface area contributed by atoms with E-state index in [1.165, 1.54) is 11.1 Å². The minimum atomic E-state index is 0.272. The molecule has 0 aromatic heterocycles. The first-order valence-electron chi connectivity index (χ1n) is 6.35. The summed E-state index contributed by atoms with van der Waals surface area (Å²) in [5.74, 6) is 1.15. The van der Waals surface area contributed by atoms with Crippen LogP contribution in [0.15, 0.2) is 23.3 Å². The second-order valence-corrected chi connectivity index (χ2v) is 5.37. The number of rotatable bonds is 4. The van der Waals surface area contributed by atoms with Crippen molar-refractivity contribution in [1.82, 2.24) is 0 Å². The fourth-order valence-electron chi connectivity index (χ4n) is 2.35. The van der Waals surface area contributed by atoms with E-state index in [1.807, 2.05) is 6.08 Å². The van der Waals surface area contributed by atoms with Crippen molar-refractivity contribution in [3.05, 3.63) is 23.3 Å². The highest BCUT2D eigenvalue weighted by Gasteiger charge is 2.25. The van der Waals surface area contributed by atoms with E-state index in [9.17, 15) is 4.79 Å². The van der Waals surface area contributed by atoms with Crippen molar-refractivity contribution in [1.29, 1.82) is 0 Å². The third-order valence-corrected chi connectivity index (χ3v) is 3.47. The molecule has 90 valence electrons. The van der Waals surface area contributed by atoms with Crippen molar-refractivity contribution in [2.75, 3.05) is 0 Å². The van der Waals surface area contributed by atoms with Gasteiger partial charge in [-0.2, -0.15) is 0 Å². The number of carbonyl (C=O) groups is 1. The van der Waals surface area contributed by atoms with Crippen molar-refractivity contribution >= 4 is 5.78 Å². The smallest absolute Gasteiger partial charge is 0.158 e. The van der Waals surface area contributed by atoms with Crippen LogP contribution < -0.4 is 0 Å². The molecule has 0 unspecified atom stereocenters. The molecular formula is C15H24O. The van der Waals surface area contributed by atoms with Gasteiger partial charge in [0.1, 0.15) is 0 Å². The lowest BCUT2D eigenvalue weighted by atomic mass is 9.79. The van der Waals surface area contributed by atoms with Crippen molar-refractivity contribution in [3.63, 3.8) is 0 Å². The maximum Gasteiger partial charge on any atom is 0.158 e. The SMILES string of the molecule is CC(C)=CCC[C@@H](C)[C@@H]1CCC(C)=CC1=O. The Morgan fingerprint density at radius 2 is 2.25 bits per heavy atom. The summed E-state index contributed by atoms with van der Waals surface area (Å²) in [6.07, 6.45) is 8.52. The van der Waals surface area contributed by atoms with Crippen LogP contribution in [0.4, 0.5) is 0 Å². The fraction of sp³-hybridized carbons (Fsp3) is 0.667. The highest BCUT2D eigenvalue weighted by Crippen LogP contribution is 2.29. The summed E-state index contributed by atoms with van der Waals surface area (Å²) in [6.45, 7) is 8.53. The van der Waals surface area contributed by atoms with Gasteiger partial charge in [-0.05, 0) is 58.4 Å². The molecule has 0 saturated carbocycles. The van der Waals surface area contributed by atoms with Crippen molar-refractivity contribution in [2.24, 2.45) is 11.8 Å². The minimum Gasteiger partial charge on any atom is -0.295 e. The molecule has 1 heteroatoms. The molecule has 1 aliphatic carbocycles. The van der Waals surface area contributed by atoms with Gasteiger partial charge >= 0.3 is 0 Å². The van der Waals surface area contributed by atoms with E-state index < -0.39 is 0 Å². The van der Waals surface area contributed by atoms with Gasteiger partial charge in [-0.3, -0.25) is 4.79 Å². The molecule has 0 aromatic rings. The predicted molar refractivity (Wildman–Crippen MR) is 69.3 cm³/mol. The standard InChI is InChI=1S/C15H24O/c1-11(2)6-5-7-13(4)14-9-8-12(3)10-15(14)16/h6,10,13-14H,5,7-9H2,1-4H3/t13-,14+/m1/s1. The van der Waals surface area contributed by atoms with Crippen LogP contribution in [0.25, 0.3) is 0 Å². The Balaban J connectivity index is 2.46. The summed E-state index contributed by atoms with van der Waals surface area (Å²) in [6, 6.07) is 0. The summed E-state index contributed by atoms with van der Waals surface area (Å²) < 4.78 is 0. The Hall–Kier alpha value is -0.850. The maximum atomic E-state index is 11.9. The van der Waals surface area contributed by atoms with Crippen LogP contribution in [0, 0.1) is 11.8 Å². The van der Waals surface area contributed by atoms with Crippen LogP contribution in [0.3, 0.4) is 0 Å². The van der Waals surface area contributed by atoms with Crippen LogP contribution in [0.5, 0.6) is 0 Å². The van der Waals surface area contributed by atoms with Gasteiger partial charge in [0.25, 0.3) is 0 Å². The molecule has 0 saturated heterocycles. The van der Waals surface area contributed by atoms with Gasteiger partial charge in [0.15, 0.2) is 5.78 Å². The molecule has 0 aromatic carbocycles. The van der Waals surface area contributed by atoms with E-state index in [-0.39, 0.29) is 5.92 Å². The zero-order valence-corrected chi connectivity index (χ0v) is 11.0. The van der Waals surface area contributed by atoms with Gasteiger partial charge < -0.3 is 0 Å². The highest BCUT2D eigenvalue weighted by molar-refractivity contribution is 5.93. The molecule has 16 heavy (non-hydrogen) atoms. The summed E-state index contributed by atoms with van der Waals surface area (Å²) in [4.78, 5) is 11.9. The first-order chi connectivity index (χ1) is 7.50. The van der Waals surface area contributed by atoms with E-state index in [0.717, 1.165) is 25.7 Å². The zero-order chi connectivity index (χ0) is 12.1. The fourth-order valence-corrected chi connectivity index (χ4v) is 2.35. The van der Waals surface area contributed by atoms with Gasteiger partial charge in [0.2, 0.25) is 0 Å². The Bertz CT molecular complexity index is 305. The van der Waals surface area contributed by atoms with E-state index in [2.05, 4.69) is 33.8 Å². The van der Waals surface area contributed by atoms with E-state index >= 15 is 0 Å². The predicted octanol–water partition coefficient (Wildman–Crippen LogP) is 4.29. The molecule has 0 bridgehead atoms. The third-order valence-electron chi connectivity index (χ3n) is 3.47. The van der Waals surface area contributed by atoms with Gasteiger partial charge in [-0.25, -0.2) is 0 Å². The highest BCUT2D eigenvalue weighted by atomic mass is 16.1. The van der Waals surface area contributed by atoms with Crippen LogP contribution in [0.1, 0.15) is 53.4 Å². The molecule has 0 N–H and O–H groups in total. The van der Waals surface area contributed by atoms with Crippen molar-refractivity contribution in [3.8, 4) is 0 Å². The normalized spacial score (nSPS) is 22.6. The number of hydrogen-bond donors (Lipinski definition) is 0. The third kappa shape index (κ3) is 3.96. The maximum absolute atomic E-state index is 11.9. The summed E-state index contributed by atoms with van der Waals surface area (Å²) in [5.41, 5.74) is 2.62. The Kier molecular flexibility index (Phi) is 4.98. The molecule has 1 nitrogen and oxygen atoms in total. The largest absolute Gasteiger partial charge is 0.295 e. The molecular weight excluding hydrogens is 196 g/mol. The number of hydrogen-bond acceptors (Lipinski definition) is 1. The van der Waals surface area contributed by atoms with Crippen LogP contribution in [0.2, 0.25) is 0 Å². The molecule has 0 amide bonds. The minimum absolute atomic E-state index is 0.272. The molecule has 0 fully saturated rings. The Morgan fingerprint density at radius 1 is 1.56 bits per heavy atom. The van der Waals surface area contributed by atoms with E-state index in [0.29, 0.717) is 11.7 Å². The first-order valence-corrected chi connectivity index (χ1v) is 6.35. The second-order valence-electron chi connectivity index (χ2n) is 5.37. The van der Waals surface area contributed by atoms with Crippen LogP contribution >= 0.6 is 0 Å². The van der Waals surface area contributed by atoms with Crippen molar-refractivity contribution < 1.29 is 4.79 Å². The number of carbonyl (C=O) groups excluding carboxylic acids is 1. The first kappa shape index (κ1) is 13.2. The van der Waals surface area contributed by atoms with Crippen LogP contribution in [-0.2, 0) is 4.79 Å². The lowest BCUT2D eigenvalue weighted by Crippen LogP contribution is -2.23. The van der Waals surface area contributed by atoms with Crippen molar-refractivity contribution in [2.45, 2.75) is 53.4 Å². The molecule has 2 atom stereocenters. The number of ketones is 1. The van der Waals surface area contributed by atoms with Gasteiger partial charge in [0, 0.05) is 5.92 Å². The zero-order valence-electron chi connectivity index (χ0n) is 11.0. The second kappa shape index (κ2) is 6.03. The van der Waals surface area contributed by atoms with E-state index in [1.54, 1.807) is 0 Å². The van der Waals surface area contributed by atoms with Gasteiger partial charge in [-0.15, -0.1) is 0 Å². The molecule has 0 aliphatic heterocycles. The van der Waals surface area contributed by atoms with E-state index in [4.69, 9.17) is 0 Å².